The van der Waals surface area contributed by atoms with E-state index in [9.17, 15) is 0 Å². The van der Waals surface area contributed by atoms with Gasteiger partial charge in [-0.2, -0.15) is 0 Å². The average molecular weight is 210 g/mol. The lowest BCUT2D eigenvalue weighted by molar-refractivity contribution is 0.159. The highest BCUT2D eigenvalue weighted by Gasteiger charge is 2.24. The Labute approximate surface area is 94.6 Å². The van der Waals surface area contributed by atoms with Crippen LogP contribution in [-0.2, 0) is 0 Å². The van der Waals surface area contributed by atoms with Crippen LogP contribution >= 0.6 is 0 Å². The predicted molar refractivity (Wildman–Crippen MR) is 65.1 cm³/mol. The number of nitrogens with zero attached hydrogens (tertiary/aromatic N) is 2. The Morgan fingerprint density at radius 2 is 1.67 bits per heavy atom. The number of likely N-dealkylation sites (tertiary alicyclic amines) is 2. The summed E-state index contributed by atoms with van der Waals surface area (Å²) in [5, 5.41) is 0. The first-order valence-corrected chi connectivity index (χ1v) is 6.68. The molecular weight excluding hydrogens is 184 g/mol. The van der Waals surface area contributed by atoms with Crippen molar-refractivity contribution in [1.82, 2.24) is 9.80 Å². The van der Waals surface area contributed by atoms with Crippen molar-refractivity contribution in [3.05, 3.63) is 0 Å². The van der Waals surface area contributed by atoms with Gasteiger partial charge in [-0.1, -0.05) is 13.3 Å². The topological polar surface area (TPSA) is 6.48 Å². The summed E-state index contributed by atoms with van der Waals surface area (Å²) >= 11 is 0. The summed E-state index contributed by atoms with van der Waals surface area (Å²) in [5.74, 6) is 1.97. The van der Waals surface area contributed by atoms with Crippen LogP contribution in [0.5, 0.6) is 0 Å². The van der Waals surface area contributed by atoms with Crippen LogP contribution in [0.3, 0.4) is 0 Å². The first-order valence-electron chi connectivity index (χ1n) is 6.68. The second kappa shape index (κ2) is 5.31. The maximum atomic E-state index is 2.70. The molecule has 15 heavy (non-hydrogen) atoms. The Balaban J connectivity index is 1.68. The Morgan fingerprint density at radius 1 is 1.00 bits per heavy atom. The smallest absolute Gasteiger partial charge is 0.00224 e. The summed E-state index contributed by atoms with van der Waals surface area (Å²) in [6, 6.07) is 0. The lowest BCUT2D eigenvalue weighted by Crippen LogP contribution is -2.37. The standard InChI is InChI=1S/C13H26N2/c1-3-12-5-8-15(9-6-12)11-13-4-7-14(2)10-13/h12-13H,3-11H2,1-2H3. The Bertz CT molecular complexity index is 185. The Morgan fingerprint density at radius 3 is 2.20 bits per heavy atom. The summed E-state index contributed by atoms with van der Waals surface area (Å²) in [5.41, 5.74) is 0. The molecule has 2 rings (SSSR count). The van der Waals surface area contributed by atoms with Crippen molar-refractivity contribution in [2.75, 3.05) is 39.8 Å². The minimum atomic E-state index is 0.952. The molecule has 2 aliphatic heterocycles. The van der Waals surface area contributed by atoms with Gasteiger partial charge in [-0.3, -0.25) is 0 Å². The number of piperidine rings is 1. The molecule has 2 nitrogen and oxygen atoms in total. The summed E-state index contributed by atoms with van der Waals surface area (Å²) in [6.07, 6.45) is 5.70. The van der Waals surface area contributed by atoms with Crippen molar-refractivity contribution in [1.29, 1.82) is 0 Å². The highest BCUT2D eigenvalue weighted by molar-refractivity contribution is 4.79. The fraction of sp³-hybridized carbons (Fsp3) is 1.00. The summed E-state index contributed by atoms with van der Waals surface area (Å²) in [6.45, 7) is 9.06. The van der Waals surface area contributed by atoms with Crippen molar-refractivity contribution in [2.45, 2.75) is 32.6 Å². The van der Waals surface area contributed by atoms with E-state index in [1.54, 1.807) is 0 Å². The molecule has 0 N–H and O–H groups in total. The third kappa shape index (κ3) is 3.18. The van der Waals surface area contributed by atoms with Crippen LogP contribution < -0.4 is 0 Å². The van der Waals surface area contributed by atoms with E-state index in [-0.39, 0.29) is 0 Å². The van der Waals surface area contributed by atoms with Crippen molar-refractivity contribution < 1.29 is 0 Å². The second-order valence-electron chi connectivity index (χ2n) is 5.57. The number of hydrogen-bond acceptors (Lipinski definition) is 2. The number of rotatable bonds is 3. The van der Waals surface area contributed by atoms with E-state index in [1.807, 2.05) is 0 Å². The molecule has 0 aliphatic carbocycles. The fourth-order valence-corrected chi connectivity index (χ4v) is 3.12. The molecule has 2 heteroatoms. The minimum Gasteiger partial charge on any atom is -0.306 e. The van der Waals surface area contributed by atoms with Crippen LogP contribution in [0, 0.1) is 11.8 Å². The van der Waals surface area contributed by atoms with Crippen LogP contribution in [0.25, 0.3) is 0 Å². The Kier molecular flexibility index (Phi) is 4.04. The molecule has 0 aromatic heterocycles. The molecule has 2 saturated heterocycles. The monoisotopic (exact) mass is 210 g/mol. The van der Waals surface area contributed by atoms with E-state index in [0.29, 0.717) is 0 Å². The van der Waals surface area contributed by atoms with Crippen LogP contribution in [0.15, 0.2) is 0 Å². The molecule has 1 atom stereocenters. The summed E-state index contributed by atoms with van der Waals surface area (Å²) in [4.78, 5) is 5.18. The maximum Gasteiger partial charge on any atom is 0.00224 e. The molecule has 0 bridgehead atoms. The van der Waals surface area contributed by atoms with Gasteiger partial charge in [0.2, 0.25) is 0 Å². The Hall–Kier alpha value is -0.0800. The predicted octanol–water partition coefficient (Wildman–Crippen LogP) is 2.06. The SMILES string of the molecule is CCC1CCN(CC2CCN(C)C2)CC1. The highest BCUT2D eigenvalue weighted by Crippen LogP contribution is 2.22. The van der Waals surface area contributed by atoms with Gasteiger partial charge in [0.1, 0.15) is 0 Å². The van der Waals surface area contributed by atoms with Crippen molar-refractivity contribution >= 4 is 0 Å². The van der Waals surface area contributed by atoms with Gasteiger partial charge in [-0.25, -0.2) is 0 Å². The molecule has 0 saturated carbocycles. The third-order valence-corrected chi connectivity index (χ3v) is 4.29. The van der Waals surface area contributed by atoms with E-state index in [4.69, 9.17) is 0 Å². The molecule has 0 aromatic rings. The first-order chi connectivity index (χ1) is 7.28. The molecule has 2 fully saturated rings. The molecule has 0 aromatic carbocycles. The van der Waals surface area contributed by atoms with E-state index < -0.39 is 0 Å². The molecule has 0 amide bonds. The molecular formula is C13H26N2. The van der Waals surface area contributed by atoms with Gasteiger partial charge in [0.05, 0.1) is 0 Å². The normalized spacial score (nSPS) is 31.2. The zero-order chi connectivity index (χ0) is 10.7. The van der Waals surface area contributed by atoms with E-state index in [0.717, 1.165) is 11.8 Å². The maximum absolute atomic E-state index is 2.70. The molecule has 2 heterocycles. The zero-order valence-electron chi connectivity index (χ0n) is 10.4. The van der Waals surface area contributed by atoms with Crippen LogP contribution in [0.2, 0.25) is 0 Å². The summed E-state index contributed by atoms with van der Waals surface area (Å²) < 4.78 is 0. The van der Waals surface area contributed by atoms with Crippen molar-refractivity contribution in [2.24, 2.45) is 11.8 Å². The van der Waals surface area contributed by atoms with E-state index >= 15 is 0 Å². The molecule has 2 aliphatic rings. The van der Waals surface area contributed by atoms with E-state index in [1.165, 1.54) is 58.4 Å². The van der Waals surface area contributed by atoms with Crippen LogP contribution in [-0.4, -0.2) is 49.6 Å². The summed E-state index contributed by atoms with van der Waals surface area (Å²) in [7, 11) is 2.25. The van der Waals surface area contributed by atoms with Gasteiger partial charge in [0.25, 0.3) is 0 Å². The fourth-order valence-electron chi connectivity index (χ4n) is 3.12. The van der Waals surface area contributed by atoms with Crippen molar-refractivity contribution in [3.63, 3.8) is 0 Å². The van der Waals surface area contributed by atoms with Gasteiger partial charge in [0.15, 0.2) is 0 Å². The third-order valence-electron chi connectivity index (χ3n) is 4.29. The van der Waals surface area contributed by atoms with Gasteiger partial charge in [-0.15, -0.1) is 0 Å². The van der Waals surface area contributed by atoms with Gasteiger partial charge >= 0.3 is 0 Å². The number of hydrogen-bond donors (Lipinski definition) is 0. The zero-order valence-corrected chi connectivity index (χ0v) is 10.4. The lowest BCUT2D eigenvalue weighted by Gasteiger charge is -2.33. The molecule has 1 unspecified atom stereocenters. The minimum absolute atomic E-state index is 0.952. The first kappa shape index (κ1) is 11.4. The average Bonchev–Trinajstić information content (AvgIpc) is 2.65. The molecule has 0 spiro atoms. The lowest BCUT2D eigenvalue weighted by atomic mass is 9.94. The van der Waals surface area contributed by atoms with Crippen molar-refractivity contribution in [3.8, 4) is 0 Å². The van der Waals surface area contributed by atoms with Gasteiger partial charge < -0.3 is 9.80 Å². The van der Waals surface area contributed by atoms with Gasteiger partial charge in [-0.05, 0) is 57.8 Å². The molecule has 0 radical (unpaired) electrons. The molecule has 88 valence electrons. The highest BCUT2D eigenvalue weighted by atomic mass is 15.2. The van der Waals surface area contributed by atoms with E-state index in [2.05, 4.69) is 23.8 Å². The van der Waals surface area contributed by atoms with Gasteiger partial charge in [0, 0.05) is 13.1 Å². The largest absolute Gasteiger partial charge is 0.306 e. The van der Waals surface area contributed by atoms with Crippen LogP contribution in [0.4, 0.5) is 0 Å². The second-order valence-corrected chi connectivity index (χ2v) is 5.57. The quantitative estimate of drug-likeness (QED) is 0.703. The van der Waals surface area contributed by atoms with Crippen LogP contribution in [0.1, 0.15) is 32.6 Å².